The van der Waals surface area contributed by atoms with Crippen LogP contribution in [-0.4, -0.2) is 28.9 Å². The van der Waals surface area contributed by atoms with Crippen LogP contribution in [0.3, 0.4) is 0 Å². The fraction of sp³-hybridized carbons (Fsp3) is 0.462. The number of thioether (sulfide) groups is 1. The van der Waals surface area contributed by atoms with Gasteiger partial charge in [-0.1, -0.05) is 25.1 Å². The Morgan fingerprint density at radius 3 is 2.53 bits per heavy atom. The van der Waals surface area contributed by atoms with E-state index in [1.807, 2.05) is 30.3 Å². The van der Waals surface area contributed by atoms with Crippen molar-refractivity contribution in [2.75, 3.05) is 7.05 Å². The van der Waals surface area contributed by atoms with Crippen LogP contribution in [0.1, 0.15) is 20.3 Å². The van der Waals surface area contributed by atoms with Gasteiger partial charge in [0.1, 0.15) is 5.54 Å². The van der Waals surface area contributed by atoms with Gasteiger partial charge in [-0.15, -0.1) is 11.8 Å². The molecule has 0 aliphatic heterocycles. The number of likely N-dealkylation sites (N-methyl/N-ethyl adjacent to an activating group) is 1. The summed E-state index contributed by atoms with van der Waals surface area (Å²) in [6.45, 7) is 3.77. The Bertz CT molecular complexity index is 369. The zero-order valence-corrected chi connectivity index (χ0v) is 11.3. The summed E-state index contributed by atoms with van der Waals surface area (Å²) >= 11 is 1.70. The smallest absolute Gasteiger partial charge is 0.323 e. The fourth-order valence-electron chi connectivity index (χ4n) is 1.64. The molecule has 1 aromatic rings. The molecule has 17 heavy (non-hydrogen) atoms. The molecule has 3 nitrogen and oxygen atoms in total. The lowest BCUT2D eigenvalue weighted by molar-refractivity contribution is -0.144. The summed E-state index contributed by atoms with van der Waals surface area (Å²) in [6, 6.07) is 10.0. The summed E-state index contributed by atoms with van der Waals surface area (Å²) in [5.74, 6) is -0.805. The molecular formula is C13H19NO2S. The average molecular weight is 253 g/mol. The number of carbonyl (C=O) groups is 1. The molecule has 2 unspecified atom stereocenters. The Morgan fingerprint density at radius 2 is 2.06 bits per heavy atom. The molecule has 0 saturated carbocycles. The molecule has 1 rings (SSSR count). The number of aliphatic carboxylic acids is 1. The second-order valence-corrected chi connectivity index (χ2v) is 5.84. The van der Waals surface area contributed by atoms with E-state index in [0.29, 0.717) is 6.42 Å². The highest BCUT2D eigenvalue weighted by Gasteiger charge is 2.32. The van der Waals surface area contributed by atoms with Crippen molar-refractivity contribution in [2.45, 2.75) is 36.0 Å². The van der Waals surface area contributed by atoms with E-state index >= 15 is 0 Å². The third-order valence-electron chi connectivity index (χ3n) is 2.80. The molecular weight excluding hydrogens is 234 g/mol. The monoisotopic (exact) mass is 253 g/mol. The first-order chi connectivity index (χ1) is 7.98. The van der Waals surface area contributed by atoms with Gasteiger partial charge in [-0.3, -0.25) is 4.79 Å². The second kappa shape index (κ2) is 6.07. The van der Waals surface area contributed by atoms with Gasteiger partial charge in [0.25, 0.3) is 0 Å². The van der Waals surface area contributed by atoms with E-state index in [1.54, 1.807) is 25.7 Å². The first kappa shape index (κ1) is 14.1. The molecule has 0 spiro atoms. The SMILES string of the molecule is CNC(C)(CC(C)Sc1ccccc1)C(=O)O. The predicted molar refractivity (Wildman–Crippen MR) is 71.5 cm³/mol. The van der Waals surface area contributed by atoms with Crippen LogP contribution in [0.2, 0.25) is 0 Å². The van der Waals surface area contributed by atoms with Crippen LogP contribution in [0.4, 0.5) is 0 Å². The van der Waals surface area contributed by atoms with E-state index in [0.717, 1.165) is 0 Å². The number of hydrogen-bond donors (Lipinski definition) is 2. The Hall–Kier alpha value is -1.00. The molecule has 0 aliphatic carbocycles. The van der Waals surface area contributed by atoms with E-state index in [4.69, 9.17) is 0 Å². The predicted octanol–water partition coefficient (Wildman–Crippen LogP) is 2.62. The highest BCUT2D eigenvalue weighted by molar-refractivity contribution is 7.99. The first-order valence-electron chi connectivity index (χ1n) is 5.62. The zero-order chi connectivity index (χ0) is 12.9. The number of carboxylic acids is 1. The maximum absolute atomic E-state index is 11.2. The largest absolute Gasteiger partial charge is 0.480 e. The van der Waals surface area contributed by atoms with Crippen molar-refractivity contribution in [1.29, 1.82) is 0 Å². The average Bonchev–Trinajstić information content (AvgIpc) is 2.29. The van der Waals surface area contributed by atoms with E-state index in [2.05, 4.69) is 12.2 Å². The molecule has 0 aliphatic rings. The molecule has 0 heterocycles. The third-order valence-corrected chi connectivity index (χ3v) is 3.91. The second-order valence-electron chi connectivity index (χ2n) is 4.33. The van der Waals surface area contributed by atoms with Crippen LogP contribution in [0.25, 0.3) is 0 Å². The first-order valence-corrected chi connectivity index (χ1v) is 6.50. The summed E-state index contributed by atoms with van der Waals surface area (Å²) in [5, 5.41) is 12.3. The summed E-state index contributed by atoms with van der Waals surface area (Å²) in [5.41, 5.74) is -0.860. The van der Waals surface area contributed by atoms with Crippen molar-refractivity contribution in [3.63, 3.8) is 0 Å². The topological polar surface area (TPSA) is 49.3 Å². The molecule has 2 atom stereocenters. The van der Waals surface area contributed by atoms with Gasteiger partial charge >= 0.3 is 5.97 Å². The number of carboxylic acid groups (broad SMARTS) is 1. The van der Waals surface area contributed by atoms with E-state index in [9.17, 15) is 9.90 Å². The van der Waals surface area contributed by atoms with E-state index < -0.39 is 11.5 Å². The Kier molecular flexibility index (Phi) is 5.02. The maximum Gasteiger partial charge on any atom is 0.323 e. The summed E-state index contributed by atoms with van der Waals surface area (Å²) in [4.78, 5) is 12.3. The van der Waals surface area contributed by atoms with Crippen LogP contribution in [-0.2, 0) is 4.79 Å². The van der Waals surface area contributed by atoms with Crippen molar-refractivity contribution >= 4 is 17.7 Å². The van der Waals surface area contributed by atoms with Crippen LogP contribution < -0.4 is 5.32 Å². The summed E-state index contributed by atoms with van der Waals surface area (Å²) in [6.07, 6.45) is 0.582. The normalized spacial score (nSPS) is 16.2. The Morgan fingerprint density at radius 1 is 1.47 bits per heavy atom. The highest BCUT2D eigenvalue weighted by atomic mass is 32.2. The molecule has 0 saturated heterocycles. The van der Waals surface area contributed by atoms with Gasteiger partial charge in [0.05, 0.1) is 0 Å². The maximum atomic E-state index is 11.2. The van der Waals surface area contributed by atoms with Crippen LogP contribution in [0.15, 0.2) is 35.2 Å². The molecule has 94 valence electrons. The van der Waals surface area contributed by atoms with E-state index in [-0.39, 0.29) is 5.25 Å². The number of hydrogen-bond acceptors (Lipinski definition) is 3. The quantitative estimate of drug-likeness (QED) is 0.765. The van der Waals surface area contributed by atoms with Crippen LogP contribution >= 0.6 is 11.8 Å². The summed E-state index contributed by atoms with van der Waals surface area (Å²) in [7, 11) is 1.69. The minimum absolute atomic E-state index is 0.242. The molecule has 0 amide bonds. The van der Waals surface area contributed by atoms with Gasteiger partial charge < -0.3 is 10.4 Å². The van der Waals surface area contributed by atoms with Crippen molar-refractivity contribution in [3.05, 3.63) is 30.3 Å². The Labute approximate surface area is 107 Å². The third kappa shape index (κ3) is 4.06. The molecule has 0 fully saturated rings. The lowest BCUT2D eigenvalue weighted by Crippen LogP contribution is -2.49. The lowest BCUT2D eigenvalue weighted by Gasteiger charge is -2.27. The Balaban J connectivity index is 2.60. The van der Waals surface area contributed by atoms with Crippen molar-refractivity contribution in [2.24, 2.45) is 0 Å². The fourth-order valence-corrected chi connectivity index (χ4v) is 2.84. The number of nitrogens with one attached hydrogen (secondary N) is 1. The minimum atomic E-state index is -0.860. The van der Waals surface area contributed by atoms with Gasteiger partial charge in [-0.05, 0) is 32.5 Å². The molecule has 2 N–H and O–H groups in total. The zero-order valence-electron chi connectivity index (χ0n) is 10.4. The van der Waals surface area contributed by atoms with Crippen LogP contribution in [0.5, 0.6) is 0 Å². The van der Waals surface area contributed by atoms with Crippen molar-refractivity contribution in [3.8, 4) is 0 Å². The minimum Gasteiger partial charge on any atom is -0.480 e. The van der Waals surface area contributed by atoms with E-state index in [1.165, 1.54) is 4.90 Å². The van der Waals surface area contributed by atoms with Gasteiger partial charge in [0.15, 0.2) is 0 Å². The molecule has 0 aromatic heterocycles. The highest BCUT2D eigenvalue weighted by Crippen LogP contribution is 2.28. The molecule has 0 bridgehead atoms. The standard InChI is InChI=1S/C13H19NO2S/c1-10(9-13(2,14-3)12(15)16)17-11-7-5-4-6-8-11/h4-8,10,14H,9H2,1-3H3,(H,15,16). The molecule has 0 radical (unpaired) electrons. The molecule has 1 aromatic carbocycles. The lowest BCUT2D eigenvalue weighted by atomic mass is 9.96. The van der Waals surface area contributed by atoms with Crippen molar-refractivity contribution in [1.82, 2.24) is 5.32 Å². The van der Waals surface area contributed by atoms with Gasteiger partial charge in [0, 0.05) is 10.1 Å². The number of rotatable bonds is 6. The number of benzene rings is 1. The van der Waals surface area contributed by atoms with Crippen LogP contribution in [0, 0.1) is 0 Å². The van der Waals surface area contributed by atoms with Gasteiger partial charge in [-0.25, -0.2) is 0 Å². The van der Waals surface area contributed by atoms with Crippen molar-refractivity contribution < 1.29 is 9.90 Å². The summed E-state index contributed by atoms with van der Waals surface area (Å²) < 4.78 is 0. The van der Waals surface area contributed by atoms with Gasteiger partial charge in [0.2, 0.25) is 0 Å². The van der Waals surface area contributed by atoms with Gasteiger partial charge in [-0.2, -0.15) is 0 Å². The molecule has 4 heteroatoms.